The third-order valence-corrected chi connectivity index (χ3v) is 5.01. The van der Waals surface area contributed by atoms with E-state index in [4.69, 9.17) is 4.74 Å². The summed E-state index contributed by atoms with van der Waals surface area (Å²) in [5.74, 6) is 1.07. The van der Waals surface area contributed by atoms with Crippen LogP contribution in [0.5, 0.6) is 5.75 Å². The standard InChI is InChI=1S/C22H27N3O3S/c1-16(2)24-21(26)14-28-20-11-9-18(10-12-20)13-23-25-22(27)17(3)29-15-19-7-5-4-6-8-19/h4-13,16-17H,14-15H2,1-3H3,(H,24,26)(H,25,27). The molecule has 0 aromatic heterocycles. The number of nitrogens with zero attached hydrogens (tertiary/aromatic N) is 1. The highest BCUT2D eigenvalue weighted by molar-refractivity contribution is 7.99. The van der Waals surface area contributed by atoms with Crippen LogP contribution in [-0.4, -0.2) is 35.9 Å². The van der Waals surface area contributed by atoms with Crippen molar-refractivity contribution < 1.29 is 14.3 Å². The number of amides is 2. The maximum Gasteiger partial charge on any atom is 0.258 e. The molecule has 2 N–H and O–H groups in total. The van der Waals surface area contributed by atoms with Crippen molar-refractivity contribution in [1.82, 2.24) is 10.7 Å². The number of hydrogen-bond donors (Lipinski definition) is 2. The van der Waals surface area contributed by atoms with Crippen LogP contribution in [0.3, 0.4) is 0 Å². The van der Waals surface area contributed by atoms with Crippen molar-refractivity contribution in [2.24, 2.45) is 5.10 Å². The number of rotatable bonds is 10. The zero-order valence-electron chi connectivity index (χ0n) is 16.9. The highest BCUT2D eigenvalue weighted by atomic mass is 32.2. The smallest absolute Gasteiger partial charge is 0.258 e. The molecule has 2 amide bonds. The number of nitrogens with one attached hydrogen (secondary N) is 2. The molecule has 0 aliphatic heterocycles. The number of thioether (sulfide) groups is 1. The summed E-state index contributed by atoms with van der Waals surface area (Å²) in [6.07, 6.45) is 1.57. The normalized spacial score (nSPS) is 12.0. The van der Waals surface area contributed by atoms with Crippen LogP contribution in [-0.2, 0) is 15.3 Å². The van der Waals surface area contributed by atoms with Gasteiger partial charge in [-0.05, 0) is 56.2 Å². The summed E-state index contributed by atoms with van der Waals surface area (Å²) >= 11 is 1.56. The second-order valence-corrected chi connectivity index (χ2v) is 8.08. The van der Waals surface area contributed by atoms with Gasteiger partial charge in [-0.3, -0.25) is 9.59 Å². The summed E-state index contributed by atoms with van der Waals surface area (Å²) in [5.41, 5.74) is 4.56. The van der Waals surface area contributed by atoms with Crippen LogP contribution in [0, 0.1) is 0 Å². The van der Waals surface area contributed by atoms with Crippen LogP contribution in [0.25, 0.3) is 0 Å². The third kappa shape index (κ3) is 8.83. The second-order valence-electron chi connectivity index (χ2n) is 6.75. The van der Waals surface area contributed by atoms with Gasteiger partial charge in [0.1, 0.15) is 5.75 Å². The van der Waals surface area contributed by atoms with Crippen molar-refractivity contribution in [3.63, 3.8) is 0 Å². The molecule has 0 bridgehead atoms. The Morgan fingerprint density at radius 1 is 1.07 bits per heavy atom. The third-order valence-electron chi connectivity index (χ3n) is 3.80. The fraction of sp³-hybridized carbons (Fsp3) is 0.318. The second kappa shape index (κ2) is 11.9. The van der Waals surface area contributed by atoms with Gasteiger partial charge in [-0.1, -0.05) is 30.3 Å². The number of carbonyl (C=O) groups excluding carboxylic acids is 2. The zero-order valence-corrected chi connectivity index (χ0v) is 17.7. The lowest BCUT2D eigenvalue weighted by atomic mass is 10.2. The zero-order chi connectivity index (χ0) is 21.1. The predicted octanol–water partition coefficient (Wildman–Crippen LogP) is 3.36. The van der Waals surface area contributed by atoms with E-state index in [-0.39, 0.29) is 29.7 Å². The minimum atomic E-state index is -0.208. The van der Waals surface area contributed by atoms with E-state index in [1.807, 2.05) is 51.1 Å². The molecule has 1 unspecified atom stereocenters. The van der Waals surface area contributed by atoms with Gasteiger partial charge < -0.3 is 10.1 Å². The van der Waals surface area contributed by atoms with E-state index in [1.54, 1.807) is 42.2 Å². The van der Waals surface area contributed by atoms with Gasteiger partial charge in [-0.2, -0.15) is 5.10 Å². The molecule has 0 fully saturated rings. The molecule has 0 spiro atoms. The van der Waals surface area contributed by atoms with Gasteiger partial charge in [0, 0.05) is 11.8 Å². The van der Waals surface area contributed by atoms with Gasteiger partial charge in [0.2, 0.25) is 0 Å². The maximum atomic E-state index is 12.1. The molecule has 0 radical (unpaired) electrons. The lowest BCUT2D eigenvalue weighted by Gasteiger charge is -2.10. The Labute approximate surface area is 176 Å². The fourth-order valence-electron chi connectivity index (χ4n) is 2.30. The first-order chi connectivity index (χ1) is 13.9. The average molecular weight is 414 g/mol. The minimum Gasteiger partial charge on any atom is -0.484 e. The van der Waals surface area contributed by atoms with E-state index in [0.29, 0.717) is 5.75 Å². The lowest BCUT2D eigenvalue weighted by molar-refractivity contribution is -0.123. The first-order valence-electron chi connectivity index (χ1n) is 9.44. The minimum absolute atomic E-state index is 0.0276. The van der Waals surface area contributed by atoms with Crippen LogP contribution in [0.15, 0.2) is 59.7 Å². The summed E-state index contributed by atoms with van der Waals surface area (Å²) in [5, 5.41) is 6.57. The van der Waals surface area contributed by atoms with Gasteiger partial charge in [0.25, 0.3) is 11.8 Å². The Kier molecular flexibility index (Phi) is 9.24. The van der Waals surface area contributed by atoms with Crippen LogP contribution < -0.4 is 15.5 Å². The average Bonchev–Trinajstić information content (AvgIpc) is 2.71. The molecule has 7 heteroatoms. The SMILES string of the molecule is CC(C)NC(=O)COc1ccc(C=NNC(=O)C(C)SCc2ccccc2)cc1. The monoisotopic (exact) mass is 413 g/mol. The largest absolute Gasteiger partial charge is 0.484 e. The van der Waals surface area contributed by atoms with Crippen molar-refractivity contribution in [3.8, 4) is 5.75 Å². The van der Waals surface area contributed by atoms with E-state index in [1.165, 1.54) is 5.56 Å². The van der Waals surface area contributed by atoms with E-state index >= 15 is 0 Å². The quantitative estimate of drug-likeness (QED) is 0.462. The van der Waals surface area contributed by atoms with E-state index in [9.17, 15) is 9.59 Å². The summed E-state index contributed by atoms with van der Waals surface area (Å²) < 4.78 is 5.43. The van der Waals surface area contributed by atoms with Gasteiger partial charge in [-0.25, -0.2) is 5.43 Å². The van der Waals surface area contributed by atoms with Gasteiger partial charge in [0.05, 0.1) is 11.5 Å². The maximum absolute atomic E-state index is 12.1. The molecule has 1 atom stereocenters. The summed E-state index contributed by atoms with van der Waals surface area (Å²) in [7, 11) is 0. The summed E-state index contributed by atoms with van der Waals surface area (Å²) in [6, 6.07) is 17.2. The summed E-state index contributed by atoms with van der Waals surface area (Å²) in [4.78, 5) is 23.7. The number of benzene rings is 2. The Morgan fingerprint density at radius 2 is 1.76 bits per heavy atom. The van der Waals surface area contributed by atoms with E-state index < -0.39 is 0 Å². The van der Waals surface area contributed by atoms with Crippen LogP contribution >= 0.6 is 11.8 Å². The first-order valence-corrected chi connectivity index (χ1v) is 10.5. The highest BCUT2D eigenvalue weighted by Gasteiger charge is 2.12. The molecular weight excluding hydrogens is 386 g/mol. The predicted molar refractivity (Wildman–Crippen MR) is 118 cm³/mol. The molecular formula is C22H27N3O3S. The van der Waals surface area contributed by atoms with E-state index in [0.717, 1.165) is 11.3 Å². The van der Waals surface area contributed by atoms with Gasteiger partial charge in [0.15, 0.2) is 6.61 Å². The number of hydrazone groups is 1. The molecule has 0 aliphatic rings. The fourth-order valence-corrected chi connectivity index (χ4v) is 3.13. The van der Waals surface area contributed by atoms with Crippen molar-refractivity contribution in [3.05, 3.63) is 65.7 Å². The molecule has 154 valence electrons. The first kappa shape index (κ1) is 22.5. The van der Waals surface area contributed by atoms with Crippen molar-refractivity contribution in [1.29, 1.82) is 0 Å². The number of carbonyl (C=O) groups is 2. The van der Waals surface area contributed by atoms with Crippen molar-refractivity contribution in [2.45, 2.75) is 37.8 Å². The molecule has 2 rings (SSSR count). The molecule has 0 saturated heterocycles. The number of ether oxygens (including phenoxy) is 1. The lowest BCUT2D eigenvalue weighted by Crippen LogP contribution is -2.34. The molecule has 0 heterocycles. The molecule has 0 aliphatic carbocycles. The van der Waals surface area contributed by atoms with Crippen molar-refractivity contribution >= 4 is 29.8 Å². The van der Waals surface area contributed by atoms with Gasteiger partial charge >= 0.3 is 0 Å². The Morgan fingerprint density at radius 3 is 2.41 bits per heavy atom. The Balaban J connectivity index is 1.73. The van der Waals surface area contributed by atoms with Gasteiger partial charge in [-0.15, -0.1) is 11.8 Å². The van der Waals surface area contributed by atoms with Crippen LogP contribution in [0.1, 0.15) is 31.9 Å². The van der Waals surface area contributed by atoms with Crippen LogP contribution in [0.4, 0.5) is 0 Å². The molecule has 0 saturated carbocycles. The molecule has 6 nitrogen and oxygen atoms in total. The Bertz CT molecular complexity index is 808. The molecule has 29 heavy (non-hydrogen) atoms. The highest BCUT2D eigenvalue weighted by Crippen LogP contribution is 2.17. The van der Waals surface area contributed by atoms with Crippen LogP contribution in [0.2, 0.25) is 0 Å². The van der Waals surface area contributed by atoms with Crippen molar-refractivity contribution in [2.75, 3.05) is 6.61 Å². The molecule has 2 aromatic carbocycles. The molecule has 2 aromatic rings. The topological polar surface area (TPSA) is 79.8 Å². The number of hydrogen-bond acceptors (Lipinski definition) is 5. The van der Waals surface area contributed by atoms with E-state index in [2.05, 4.69) is 15.8 Å². The Hall–Kier alpha value is -2.80. The summed E-state index contributed by atoms with van der Waals surface area (Å²) in [6.45, 7) is 5.63.